The molecule has 4 amide bonds. The minimum absolute atomic E-state index is 0.0419. The molecule has 0 unspecified atom stereocenters. The lowest BCUT2D eigenvalue weighted by Crippen LogP contribution is -2.13. The topological polar surface area (TPSA) is 268 Å². The van der Waals surface area contributed by atoms with Crippen molar-refractivity contribution in [3.05, 3.63) is 319 Å². The average molecular weight is 1750 g/mol. The Morgan fingerprint density at radius 2 is 0.688 bits per heavy atom. The largest absolute Gasteiger partial charge is 0.431 e. The summed E-state index contributed by atoms with van der Waals surface area (Å²) in [5.41, 5.74) is 10.0. The first-order valence-corrected chi connectivity index (χ1v) is 42.8. The van der Waals surface area contributed by atoms with Crippen LogP contribution in [0.3, 0.4) is 0 Å². The van der Waals surface area contributed by atoms with Crippen LogP contribution < -0.4 is 21.3 Å². The molecule has 8 aromatic heterocycles. The molecule has 0 bridgehead atoms. The van der Waals surface area contributed by atoms with Crippen molar-refractivity contribution in [2.24, 2.45) is 0 Å². The van der Waals surface area contributed by atoms with E-state index >= 15 is 0 Å². The number of aromatic amines is 1. The minimum Gasteiger partial charge on any atom is -0.431 e. The summed E-state index contributed by atoms with van der Waals surface area (Å²) < 4.78 is 129. The number of rotatable bonds is 20. The van der Waals surface area contributed by atoms with Gasteiger partial charge in [-0.3, -0.25) is 19.2 Å². The van der Waals surface area contributed by atoms with Gasteiger partial charge in [-0.2, -0.15) is 0 Å². The summed E-state index contributed by atoms with van der Waals surface area (Å²) in [4.78, 5) is 85.5. The Hall–Kier alpha value is -14.8. The van der Waals surface area contributed by atoms with Gasteiger partial charge in [0.25, 0.3) is 23.6 Å². The fourth-order valence-corrected chi connectivity index (χ4v) is 17.5. The van der Waals surface area contributed by atoms with E-state index in [1.165, 1.54) is 133 Å². The Labute approximate surface area is 732 Å². The highest BCUT2D eigenvalue weighted by Crippen LogP contribution is 2.45. The van der Waals surface area contributed by atoms with Gasteiger partial charge < -0.3 is 53.4 Å². The van der Waals surface area contributed by atoms with Crippen LogP contribution in [0, 0.1) is 46.5 Å². The van der Waals surface area contributed by atoms with E-state index in [1.54, 1.807) is 110 Å². The summed E-state index contributed by atoms with van der Waals surface area (Å²) in [6.07, 6.45) is 28.8. The van der Waals surface area contributed by atoms with Crippen LogP contribution in [0.15, 0.2) is 259 Å². The molecule has 8 aromatic carbocycles. The summed E-state index contributed by atoms with van der Waals surface area (Å²) in [5, 5.41) is 10.8. The third-order valence-electron chi connectivity index (χ3n) is 23.0. The number of para-hydroxylation sites is 4. The van der Waals surface area contributed by atoms with Gasteiger partial charge in [-0.25, -0.2) is 70.0 Å². The zero-order chi connectivity index (χ0) is 88.3. The van der Waals surface area contributed by atoms with E-state index in [2.05, 4.69) is 70.3 Å². The lowest BCUT2D eigenvalue weighted by atomic mass is 10.1. The van der Waals surface area contributed by atoms with Crippen molar-refractivity contribution in [1.29, 1.82) is 0 Å². The predicted molar refractivity (Wildman–Crippen MR) is 470 cm³/mol. The molecule has 648 valence electrons. The first kappa shape index (κ1) is 85.4. The molecule has 0 atom stereocenters. The Balaban J connectivity index is 0.000000120. The lowest BCUT2D eigenvalue weighted by Gasteiger charge is -2.15. The van der Waals surface area contributed by atoms with Crippen molar-refractivity contribution in [2.75, 3.05) is 21.3 Å². The number of thiazole rings is 1. The van der Waals surface area contributed by atoms with E-state index in [9.17, 15) is 54.3 Å². The normalized spacial score (nSPS) is 14.1. The number of nitrogens with one attached hydrogen (secondary N) is 5. The molecule has 0 saturated heterocycles. The fourth-order valence-electron chi connectivity index (χ4n) is 16.6. The van der Waals surface area contributed by atoms with Crippen LogP contribution in [0.2, 0.25) is 0 Å². The lowest BCUT2D eigenvalue weighted by molar-refractivity contribution is 0.0985. The van der Waals surface area contributed by atoms with Crippen LogP contribution in [-0.2, 0) is 0 Å². The van der Waals surface area contributed by atoms with Crippen molar-refractivity contribution in [3.8, 4) is 90.2 Å². The first-order valence-electron chi connectivity index (χ1n) is 42.0. The number of hydrogen-bond donors (Lipinski definition) is 5. The predicted octanol–water partition coefficient (Wildman–Crippen LogP) is 24.2. The van der Waals surface area contributed by atoms with E-state index in [4.69, 9.17) is 8.83 Å². The summed E-state index contributed by atoms with van der Waals surface area (Å²) in [7, 11) is 0. The highest BCUT2D eigenvalue weighted by Gasteiger charge is 2.33. The second-order valence-corrected chi connectivity index (χ2v) is 32.3. The molecule has 0 spiro atoms. The van der Waals surface area contributed by atoms with Gasteiger partial charge in [0.2, 0.25) is 11.7 Å². The van der Waals surface area contributed by atoms with Crippen molar-refractivity contribution in [1.82, 2.24) is 58.1 Å². The molecule has 4 aliphatic carbocycles. The maximum Gasteiger partial charge on any atom is 0.311 e. The van der Waals surface area contributed by atoms with Crippen LogP contribution in [-0.4, -0.2) is 81.8 Å². The number of nitrogens with zero attached hydrogens (tertiary/aromatic N) is 11. The summed E-state index contributed by atoms with van der Waals surface area (Å²) in [6.45, 7) is 0. The second-order valence-electron chi connectivity index (χ2n) is 31.3. The van der Waals surface area contributed by atoms with E-state index in [0.717, 1.165) is 142 Å². The zero-order valence-electron chi connectivity index (χ0n) is 68.6. The minimum atomic E-state index is -0.656. The molecule has 4 saturated carbocycles. The van der Waals surface area contributed by atoms with Gasteiger partial charge in [-0.15, -0.1) is 11.3 Å². The molecule has 22 nitrogen and oxygen atoms in total. The van der Waals surface area contributed by atoms with Gasteiger partial charge in [-0.05, 0) is 209 Å². The average Bonchev–Trinajstić information content (AvgIpc) is 1.64. The number of halogens is 8. The monoisotopic (exact) mass is 1750 g/mol. The number of amides is 4. The zero-order valence-corrected chi connectivity index (χ0v) is 69.4. The number of hydrogen-bond acceptors (Lipinski definition) is 14. The molecule has 31 heteroatoms. The van der Waals surface area contributed by atoms with Gasteiger partial charge in [0.1, 0.15) is 84.9 Å². The third-order valence-corrected chi connectivity index (χ3v) is 24.0. The summed E-state index contributed by atoms with van der Waals surface area (Å²) in [5.74, 6) is -5.14. The number of benzene rings is 8. The standard InChI is InChI=1S/C25H22F2N4O.2C24H20F2N4O2.C24H20F2N4OS/c26-17-11-9-16(10-12-17)23-24(31(15-28-23)18-5-1-2-6-18)21-13-14-22(29-21)25(32)30-20-8-4-3-7-19(20)27;25-16-11-9-15(10-12-16)21-22(30(14-28-21)17-5-1-2-6-17)24-27-13-20(32-24)23(31)29-19-8-4-3-7-18(19)26;25-16-11-9-15(10-12-16)21-22(30(14-28-21)17-5-1-2-6-17)20-13-27-24(32-20)23(31)29-19-8-4-3-7-18(19)26;25-16-11-9-15(10-12-16)21-22(30(14-28-21)17-5-1-2-6-17)24-27-13-20(32-24)23(31)29-19-8-4-3-7-18(19)26/h3-4,7-15,18,29H,1-2,5-6H2,(H,30,32);3*3-4,7-14,17H,1-2,5-6H2,(H,29,31). The summed E-state index contributed by atoms with van der Waals surface area (Å²) >= 11 is 1.23. The van der Waals surface area contributed by atoms with Crippen LogP contribution in [0.25, 0.3) is 90.2 Å². The van der Waals surface area contributed by atoms with Gasteiger partial charge in [0.05, 0.1) is 95.1 Å². The molecule has 0 aliphatic heterocycles. The molecule has 0 radical (unpaired) electrons. The fraction of sp³-hybridized carbons (Fsp3) is 0.206. The number of imidazole rings is 4. The highest BCUT2D eigenvalue weighted by atomic mass is 32.1. The number of aromatic nitrogens is 12. The number of H-pyrrole nitrogens is 1. The number of carbonyl (C=O) groups excluding carboxylic acids is 4. The van der Waals surface area contributed by atoms with Gasteiger partial charge in [0.15, 0.2) is 5.76 Å². The molecule has 8 heterocycles. The molecule has 128 heavy (non-hydrogen) atoms. The van der Waals surface area contributed by atoms with Crippen molar-refractivity contribution in [2.45, 2.75) is 127 Å². The molecular formula is C97H82F8N16O6S. The van der Waals surface area contributed by atoms with Crippen LogP contribution in [0.1, 0.15) is 168 Å². The van der Waals surface area contributed by atoms with Crippen molar-refractivity contribution in [3.63, 3.8) is 0 Å². The van der Waals surface area contributed by atoms with E-state index in [0.29, 0.717) is 67.5 Å². The molecule has 16 aromatic rings. The van der Waals surface area contributed by atoms with Gasteiger partial charge in [-0.1, -0.05) is 99.9 Å². The first-order chi connectivity index (χ1) is 62.4. The Morgan fingerprint density at radius 1 is 0.336 bits per heavy atom. The molecular weight excluding hydrogens is 1670 g/mol. The number of carbonyl (C=O) groups is 4. The third kappa shape index (κ3) is 19.2. The van der Waals surface area contributed by atoms with Crippen molar-refractivity contribution >= 4 is 57.7 Å². The SMILES string of the molecule is O=C(Nc1ccccc1F)c1ccc(-c2c(-c3ccc(F)cc3)ncn2C2CCCC2)[nH]1.O=C(Nc1ccccc1F)c1cnc(-c2c(-c3ccc(F)cc3)ncn2C2CCCC2)o1.O=C(Nc1ccccc1F)c1cnc(-c2c(-c3ccc(F)cc3)ncn2C2CCCC2)s1.O=C(Nc1ccccc1F)c1ncc(-c2c(-c3ccc(F)cc3)ncn2C2CCCC2)o1. The maximum atomic E-state index is 13.9. The van der Waals surface area contributed by atoms with Gasteiger partial charge >= 0.3 is 5.91 Å². The van der Waals surface area contributed by atoms with E-state index in [-0.39, 0.29) is 75.6 Å². The van der Waals surface area contributed by atoms with Gasteiger partial charge in [0, 0.05) is 46.4 Å². The van der Waals surface area contributed by atoms with E-state index < -0.39 is 46.9 Å². The van der Waals surface area contributed by atoms with Crippen LogP contribution in [0.5, 0.6) is 0 Å². The Bertz CT molecular complexity index is 5820. The Morgan fingerprint density at radius 3 is 1.11 bits per heavy atom. The molecule has 4 aliphatic rings. The second kappa shape index (κ2) is 38.8. The highest BCUT2D eigenvalue weighted by molar-refractivity contribution is 7.17. The molecule has 20 rings (SSSR count). The Kier molecular flexibility index (Phi) is 25.9. The van der Waals surface area contributed by atoms with Crippen LogP contribution >= 0.6 is 11.3 Å². The van der Waals surface area contributed by atoms with Crippen LogP contribution in [0.4, 0.5) is 57.9 Å². The smallest absolute Gasteiger partial charge is 0.311 e. The maximum absolute atomic E-state index is 13.9. The van der Waals surface area contributed by atoms with Crippen molar-refractivity contribution < 1.29 is 63.1 Å². The quantitative estimate of drug-likeness (QED) is 0.0445. The molecule has 5 N–H and O–H groups in total. The van der Waals surface area contributed by atoms with E-state index in [1.807, 2.05) is 27.9 Å². The number of oxazole rings is 2. The molecule has 4 fully saturated rings. The summed E-state index contributed by atoms with van der Waals surface area (Å²) in [6, 6.07) is 53.0. The number of anilines is 4.